The second-order valence-corrected chi connectivity index (χ2v) is 7.77. The molecule has 2 aliphatic rings. The van der Waals surface area contributed by atoms with Crippen LogP contribution in [0.15, 0.2) is 29.2 Å². The third kappa shape index (κ3) is 4.45. The number of hydrogen-bond donors (Lipinski definition) is 2. The van der Waals surface area contributed by atoms with Crippen molar-refractivity contribution in [2.45, 2.75) is 30.1 Å². The number of ether oxygens (including phenoxy) is 1. The summed E-state index contributed by atoms with van der Waals surface area (Å²) < 4.78 is 5.44. The van der Waals surface area contributed by atoms with Crippen molar-refractivity contribution in [3.63, 3.8) is 0 Å². The third-order valence-corrected chi connectivity index (χ3v) is 6.15. The van der Waals surface area contributed by atoms with Crippen LogP contribution in [0.4, 0.5) is 0 Å². The van der Waals surface area contributed by atoms with Gasteiger partial charge >= 0.3 is 0 Å². The number of carbonyl (C=O) groups is 1. The van der Waals surface area contributed by atoms with Gasteiger partial charge in [0.2, 0.25) is 5.91 Å². The Labute approximate surface area is 154 Å². The molecule has 2 heterocycles. The van der Waals surface area contributed by atoms with Gasteiger partial charge in [0.25, 0.3) is 0 Å². The minimum absolute atomic E-state index is 0. The first-order valence-corrected chi connectivity index (χ1v) is 9.42. The average molecular weight is 371 g/mol. The van der Waals surface area contributed by atoms with E-state index in [1.165, 1.54) is 10.5 Å². The molecule has 0 aromatic heterocycles. The lowest BCUT2D eigenvalue weighted by molar-refractivity contribution is -0.123. The van der Waals surface area contributed by atoms with Gasteiger partial charge in [-0.15, -0.1) is 24.2 Å². The molecule has 134 valence electrons. The molecule has 1 saturated heterocycles. The minimum atomic E-state index is -0.00578. The summed E-state index contributed by atoms with van der Waals surface area (Å²) in [7, 11) is 1.75. The molecular formula is C18H27ClN2O2S. The average Bonchev–Trinajstić information content (AvgIpc) is 2.60. The van der Waals surface area contributed by atoms with Crippen molar-refractivity contribution in [2.24, 2.45) is 5.41 Å². The number of benzene rings is 1. The summed E-state index contributed by atoms with van der Waals surface area (Å²) in [4.78, 5) is 14.0. The molecule has 1 atom stereocenters. The van der Waals surface area contributed by atoms with Crippen molar-refractivity contribution < 1.29 is 9.53 Å². The highest BCUT2D eigenvalue weighted by atomic mass is 35.5. The number of thioether (sulfide) groups is 1. The Morgan fingerprint density at radius 1 is 1.38 bits per heavy atom. The van der Waals surface area contributed by atoms with E-state index < -0.39 is 0 Å². The summed E-state index contributed by atoms with van der Waals surface area (Å²) in [5.41, 5.74) is 1.27. The van der Waals surface area contributed by atoms with Crippen LogP contribution in [-0.4, -0.2) is 45.0 Å². The molecule has 0 aliphatic carbocycles. The molecule has 24 heavy (non-hydrogen) atoms. The monoisotopic (exact) mass is 370 g/mol. The van der Waals surface area contributed by atoms with Gasteiger partial charge in [0.15, 0.2) is 0 Å². The normalized spacial score (nSPS) is 22.1. The van der Waals surface area contributed by atoms with Crippen LogP contribution < -0.4 is 10.6 Å². The molecule has 0 bridgehead atoms. The number of fused-ring (bicyclic) bond motifs is 1. The third-order valence-electron chi connectivity index (χ3n) is 5.03. The molecule has 1 amide bonds. The van der Waals surface area contributed by atoms with E-state index >= 15 is 0 Å². The highest BCUT2D eigenvalue weighted by Crippen LogP contribution is 2.37. The lowest BCUT2D eigenvalue weighted by Crippen LogP contribution is -2.48. The highest BCUT2D eigenvalue weighted by molar-refractivity contribution is 7.99. The fourth-order valence-corrected chi connectivity index (χ4v) is 4.77. The van der Waals surface area contributed by atoms with E-state index in [1.54, 1.807) is 7.11 Å². The Morgan fingerprint density at radius 3 is 2.88 bits per heavy atom. The predicted octanol–water partition coefficient (Wildman–Crippen LogP) is 2.82. The van der Waals surface area contributed by atoms with Gasteiger partial charge in [-0.2, -0.15) is 0 Å². The van der Waals surface area contributed by atoms with Crippen LogP contribution in [0.5, 0.6) is 0 Å². The van der Waals surface area contributed by atoms with Crippen LogP contribution >= 0.6 is 24.2 Å². The first-order chi connectivity index (χ1) is 11.2. The van der Waals surface area contributed by atoms with Gasteiger partial charge in [-0.05, 0) is 49.7 Å². The van der Waals surface area contributed by atoms with E-state index in [4.69, 9.17) is 4.74 Å². The topological polar surface area (TPSA) is 50.4 Å². The zero-order valence-electron chi connectivity index (χ0n) is 14.2. The molecule has 1 aromatic carbocycles. The van der Waals surface area contributed by atoms with E-state index in [2.05, 4.69) is 28.8 Å². The molecule has 1 fully saturated rings. The van der Waals surface area contributed by atoms with Crippen LogP contribution in [0.25, 0.3) is 0 Å². The van der Waals surface area contributed by atoms with Crippen molar-refractivity contribution in [3.05, 3.63) is 29.8 Å². The summed E-state index contributed by atoms with van der Waals surface area (Å²) >= 11 is 1.86. The fraction of sp³-hybridized carbons (Fsp3) is 0.611. The van der Waals surface area contributed by atoms with E-state index in [0.29, 0.717) is 13.2 Å². The lowest BCUT2D eigenvalue weighted by atomic mass is 9.79. The van der Waals surface area contributed by atoms with Crippen LogP contribution in [0.2, 0.25) is 0 Å². The van der Waals surface area contributed by atoms with Crippen molar-refractivity contribution >= 4 is 30.1 Å². The SMILES string of the molecule is COCC1(CNC(=O)C2CCSc3ccccc32)CCNCC1.Cl. The van der Waals surface area contributed by atoms with Gasteiger partial charge in [-0.1, -0.05) is 18.2 Å². The van der Waals surface area contributed by atoms with Crippen molar-refractivity contribution in [1.82, 2.24) is 10.6 Å². The quantitative estimate of drug-likeness (QED) is 0.836. The second kappa shape index (κ2) is 9.09. The van der Waals surface area contributed by atoms with Gasteiger partial charge in [0.1, 0.15) is 0 Å². The van der Waals surface area contributed by atoms with Crippen LogP contribution in [0.3, 0.4) is 0 Å². The fourth-order valence-electron chi connectivity index (χ4n) is 3.65. The Bertz CT molecular complexity index is 544. The minimum Gasteiger partial charge on any atom is -0.384 e. The lowest BCUT2D eigenvalue weighted by Gasteiger charge is -2.37. The van der Waals surface area contributed by atoms with Gasteiger partial charge in [-0.25, -0.2) is 0 Å². The highest BCUT2D eigenvalue weighted by Gasteiger charge is 2.34. The summed E-state index contributed by atoms with van der Waals surface area (Å²) in [6.45, 7) is 3.43. The maximum absolute atomic E-state index is 12.8. The number of methoxy groups -OCH3 is 1. The summed E-state index contributed by atoms with van der Waals surface area (Å²) in [5.74, 6) is 1.18. The number of amides is 1. The first-order valence-electron chi connectivity index (χ1n) is 8.43. The van der Waals surface area contributed by atoms with Crippen molar-refractivity contribution in [3.8, 4) is 0 Å². The van der Waals surface area contributed by atoms with Crippen LogP contribution in [0, 0.1) is 5.41 Å². The molecule has 4 nitrogen and oxygen atoms in total. The molecule has 0 spiro atoms. The molecule has 6 heteroatoms. The van der Waals surface area contributed by atoms with Gasteiger partial charge < -0.3 is 15.4 Å². The van der Waals surface area contributed by atoms with E-state index in [-0.39, 0.29) is 29.6 Å². The second-order valence-electron chi connectivity index (χ2n) is 6.63. The smallest absolute Gasteiger partial charge is 0.227 e. The summed E-state index contributed by atoms with van der Waals surface area (Å²) in [5, 5.41) is 6.62. The van der Waals surface area contributed by atoms with E-state index in [1.807, 2.05) is 17.8 Å². The van der Waals surface area contributed by atoms with E-state index in [9.17, 15) is 4.79 Å². The maximum Gasteiger partial charge on any atom is 0.227 e. The number of halogens is 1. The molecule has 1 aromatic rings. The molecule has 3 rings (SSSR count). The van der Waals surface area contributed by atoms with Gasteiger partial charge in [0, 0.05) is 24.0 Å². The van der Waals surface area contributed by atoms with Gasteiger partial charge in [-0.3, -0.25) is 4.79 Å². The summed E-state index contributed by atoms with van der Waals surface area (Å²) in [6, 6.07) is 8.30. The molecular weight excluding hydrogens is 344 g/mol. The molecule has 1 unspecified atom stereocenters. The molecule has 0 radical (unpaired) electrons. The Balaban J connectivity index is 0.00000208. The Kier molecular flexibility index (Phi) is 7.41. The predicted molar refractivity (Wildman–Crippen MR) is 101 cm³/mol. The van der Waals surface area contributed by atoms with Crippen LogP contribution in [0.1, 0.15) is 30.7 Å². The Morgan fingerprint density at radius 2 is 2.12 bits per heavy atom. The molecule has 2 aliphatic heterocycles. The number of carbonyl (C=O) groups excluding carboxylic acids is 1. The van der Waals surface area contributed by atoms with Crippen molar-refractivity contribution in [1.29, 1.82) is 0 Å². The number of hydrogen-bond acceptors (Lipinski definition) is 4. The summed E-state index contributed by atoms with van der Waals surface area (Å²) in [6.07, 6.45) is 3.03. The molecule has 2 N–H and O–H groups in total. The Hall–Kier alpha value is -0.750. The number of piperidine rings is 1. The number of rotatable bonds is 5. The largest absolute Gasteiger partial charge is 0.384 e. The zero-order valence-corrected chi connectivity index (χ0v) is 15.8. The molecule has 0 saturated carbocycles. The first kappa shape index (κ1) is 19.6. The standard InChI is InChI=1S/C18H26N2O2S.ClH/c1-22-13-18(7-9-19-10-8-18)12-20-17(21)15-6-11-23-16-5-3-2-4-14(15)16;/h2-5,15,19H,6-13H2,1H3,(H,20,21);1H. The maximum atomic E-state index is 12.8. The van der Waals surface area contributed by atoms with Crippen LogP contribution in [-0.2, 0) is 9.53 Å². The van der Waals surface area contributed by atoms with Crippen molar-refractivity contribution in [2.75, 3.05) is 39.1 Å². The number of nitrogens with one attached hydrogen (secondary N) is 2. The van der Waals surface area contributed by atoms with Gasteiger partial charge in [0.05, 0.1) is 12.5 Å². The zero-order chi connectivity index (χ0) is 16.1. The van der Waals surface area contributed by atoms with E-state index in [0.717, 1.165) is 38.1 Å².